The molecule has 0 fully saturated rings. The summed E-state index contributed by atoms with van der Waals surface area (Å²) in [4.78, 5) is 11.0. The summed E-state index contributed by atoms with van der Waals surface area (Å²) in [7, 11) is 0. The third kappa shape index (κ3) is 2.30. The Morgan fingerprint density at radius 1 is 1.64 bits per heavy atom. The lowest BCUT2D eigenvalue weighted by Gasteiger charge is -2.07. The average Bonchev–Trinajstić information content (AvgIpc) is 2.18. The number of nitrogens with one attached hydrogen (secondary N) is 1. The van der Waals surface area contributed by atoms with Gasteiger partial charge in [0, 0.05) is 10.0 Å². The van der Waals surface area contributed by atoms with E-state index in [4.69, 9.17) is 5.84 Å². The van der Waals surface area contributed by atoms with E-state index in [9.17, 15) is 9.18 Å². The van der Waals surface area contributed by atoms with E-state index in [1.165, 1.54) is 6.07 Å². The first-order chi connectivity index (χ1) is 6.56. The van der Waals surface area contributed by atoms with Gasteiger partial charge in [-0.15, -0.1) is 0 Å². The number of halogens is 2. The van der Waals surface area contributed by atoms with Crippen LogP contribution >= 0.6 is 15.9 Å². The third-order valence-electron chi connectivity index (χ3n) is 1.88. The molecule has 76 valence electrons. The molecule has 0 spiro atoms. The second-order valence-corrected chi connectivity index (χ2v) is 3.69. The zero-order valence-corrected chi connectivity index (χ0v) is 9.19. The number of amides is 1. The number of aryl methyl sites for hydroxylation is 1. The van der Waals surface area contributed by atoms with Crippen molar-refractivity contribution >= 4 is 21.8 Å². The average molecular weight is 261 g/mol. The van der Waals surface area contributed by atoms with E-state index >= 15 is 0 Å². The summed E-state index contributed by atoms with van der Waals surface area (Å²) in [6.45, 7) is 1.83. The second kappa shape index (κ2) is 4.52. The number of rotatable bonds is 2. The van der Waals surface area contributed by atoms with Crippen molar-refractivity contribution in [3.8, 4) is 0 Å². The molecule has 0 aliphatic rings. The standard InChI is InChI=1S/C9H10BrFN2O/c1-5-2-3-7(11)6(9(5)10)4-8(14)13-12/h2-3H,4,12H2,1H3,(H,13,14). The Morgan fingerprint density at radius 3 is 2.86 bits per heavy atom. The lowest BCUT2D eigenvalue weighted by atomic mass is 10.1. The van der Waals surface area contributed by atoms with Crippen LogP contribution in [0.15, 0.2) is 16.6 Å². The molecule has 0 aromatic heterocycles. The van der Waals surface area contributed by atoms with Crippen molar-refractivity contribution < 1.29 is 9.18 Å². The largest absolute Gasteiger partial charge is 0.294 e. The zero-order valence-electron chi connectivity index (χ0n) is 7.60. The second-order valence-electron chi connectivity index (χ2n) is 2.90. The summed E-state index contributed by atoms with van der Waals surface area (Å²) in [5.41, 5.74) is 3.17. The molecule has 5 heteroatoms. The highest BCUT2D eigenvalue weighted by Gasteiger charge is 2.12. The van der Waals surface area contributed by atoms with Gasteiger partial charge in [0.25, 0.3) is 0 Å². The van der Waals surface area contributed by atoms with Gasteiger partial charge in [0.15, 0.2) is 0 Å². The molecule has 1 aromatic rings. The van der Waals surface area contributed by atoms with Crippen LogP contribution in [0.1, 0.15) is 11.1 Å². The summed E-state index contributed by atoms with van der Waals surface area (Å²) in [5, 5.41) is 0. The third-order valence-corrected chi connectivity index (χ3v) is 2.98. The van der Waals surface area contributed by atoms with Crippen molar-refractivity contribution in [2.45, 2.75) is 13.3 Å². The van der Waals surface area contributed by atoms with Crippen LogP contribution in [0.25, 0.3) is 0 Å². The molecule has 0 unspecified atom stereocenters. The molecule has 0 aliphatic carbocycles. The van der Waals surface area contributed by atoms with E-state index in [1.807, 2.05) is 12.3 Å². The molecule has 1 rings (SSSR count). The summed E-state index contributed by atoms with van der Waals surface area (Å²) < 4.78 is 13.9. The van der Waals surface area contributed by atoms with Crippen molar-refractivity contribution in [3.63, 3.8) is 0 Å². The fraction of sp³-hybridized carbons (Fsp3) is 0.222. The summed E-state index contributed by atoms with van der Waals surface area (Å²) in [6.07, 6.45) is -0.0649. The van der Waals surface area contributed by atoms with Crippen LogP contribution < -0.4 is 11.3 Å². The van der Waals surface area contributed by atoms with Crippen molar-refractivity contribution in [2.24, 2.45) is 5.84 Å². The Labute approximate surface area is 89.6 Å². The fourth-order valence-electron chi connectivity index (χ4n) is 1.09. The molecule has 1 amide bonds. The SMILES string of the molecule is Cc1ccc(F)c(CC(=O)NN)c1Br. The fourth-order valence-corrected chi connectivity index (χ4v) is 1.55. The van der Waals surface area contributed by atoms with Crippen LogP contribution in [0.2, 0.25) is 0 Å². The first-order valence-electron chi connectivity index (χ1n) is 3.99. The predicted octanol–water partition coefficient (Wildman–Crippen LogP) is 1.43. The summed E-state index contributed by atoms with van der Waals surface area (Å²) in [5.74, 6) is 4.09. The van der Waals surface area contributed by atoms with Crippen molar-refractivity contribution in [2.75, 3.05) is 0 Å². The van der Waals surface area contributed by atoms with Crippen LogP contribution in [0.4, 0.5) is 4.39 Å². The number of nitrogens with two attached hydrogens (primary N) is 1. The van der Waals surface area contributed by atoms with Gasteiger partial charge in [-0.3, -0.25) is 10.2 Å². The minimum Gasteiger partial charge on any atom is -0.294 e. The Kier molecular flexibility index (Phi) is 3.60. The van der Waals surface area contributed by atoms with Gasteiger partial charge in [-0.2, -0.15) is 0 Å². The number of hydrazine groups is 1. The molecule has 14 heavy (non-hydrogen) atoms. The van der Waals surface area contributed by atoms with Gasteiger partial charge in [0.05, 0.1) is 6.42 Å². The van der Waals surface area contributed by atoms with E-state index in [0.717, 1.165) is 5.56 Å². The molecule has 0 heterocycles. The maximum absolute atomic E-state index is 13.3. The first kappa shape index (κ1) is 11.1. The predicted molar refractivity (Wildman–Crippen MR) is 54.9 cm³/mol. The number of hydrogen-bond acceptors (Lipinski definition) is 2. The molecule has 1 aromatic carbocycles. The first-order valence-corrected chi connectivity index (χ1v) is 4.78. The van der Waals surface area contributed by atoms with Crippen molar-refractivity contribution in [1.29, 1.82) is 0 Å². The normalized spacial score (nSPS) is 10.0. The van der Waals surface area contributed by atoms with Crippen LogP contribution in [-0.4, -0.2) is 5.91 Å². The Bertz CT molecular complexity index is 368. The number of carbonyl (C=O) groups excluding carboxylic acids is 1. The number of carbonyl (C=O) groups is 1. The molecule has 0 saturated carbocycles. The van der Waals surface area contributed by atoms with Gasteiger partial charge in [-0.05, 0) is 18.6 Å². The molecule has 0 aliphatic heterocycles. The van der Waals surface area contributed by atoms with E-state index in [0.29, 0.717) is 10.0 Å². The molecule has 0 bridgehead atoms. The minimum atomic E-state index is -0.421. The molecule has 0 saturated heterocycles. The molecular formula is C9H10BrFN2O. The Balaban J connectivity index is 3.06. The Morgan fingerprint density at radius 2 is 2.29 bits per heavy atom. The van der Waals surface area contributed by atoms with Gasteiger partial charge in [0.2, 0.25) is 5.91 Å². The zero-order chi connectivity index (χ0) is 10.7. The van der Waals surface area contributed by atoms with Crippen LogP contribution in [0.5, 0.6) is 0 Å². The highest BCUT2D eigenvalue weighted by atomic mass is 79.9. The van der Waals surface area contributed by atoms with Crippen molar-refractivity contribution in [1.82, 2.24) is 5.43 Å². The monoisotopic (exact) mass is 260 g/mol. The van der Waals surface area contributed by atoms with Crippen LogP contribution in [0, 0.1) is 12.7 Å². The molecule has 0 atom stereocenters. The molecule has 3 nitrogen and oxygen atoms in total. The molecule has 0 radical (unpaired) electrons. The minimum absolute atomic E-state index is 0.0649. The maximum Gasteiger partial charge on any atom is 0.238 e. The highest BCUT2D eigenvalue weighted by molar-refractivity contribution is 9.10. The van der Waals surface area contributed by atoms with Crippen LogP contribution in [0.3, 0.4) is 0 Å². The topological polar surface area (TPSA) is 55.1 Å². The Hall–Kier alpha value is -0.940. The van der Waals surface area contributed by atoms with Gasteiger partial charge in [-0.25, -0.2) is 10.2 Å². The summed E-state index contributed by atoms with van der Waals surface area (Å²) >= 11 is 3.23. The lowest BCUT2D eigenvalue weighted by Crippen LogP contribution is -2.31. The molecular weight excluding hydrogens is 251 g/mol. The van der Waals surface area contributed by atoms with E-state index in [2.05, 4.69) is 15.9 Å². The molecule has 3 N–H and O–H groups in total. The lowest BCUT2D eigenvalue weighted by molar-refractivity contribution is -0.120. The van der Waals surface area contributed by atoms with E-state index < -0.39 is 11.7 Å². The van der Waals surface area contributed by atoms with E-state index in [1.54, 1.807) is 6.07 Å². The summed E-state index contributed by atoms with van der Waals surface area (Å²) in [6, 6.07) is 2.97. The smallest absolute Gasteiger partial charge is 0.238 e. The number of benzene rings is 1. The van der Waals surface area contributed by atoms with Gasteiger partial charge in [-0.1, -0.05) is 22.0 Å². The van der Waals surface area contributed by atoms with E-state index in [-0.39, 0.29) is 6.42 Å². The van der Waals surface area contributed by atoms with Crippen LogP contribution in [-0.2, 0) is 11.2 Å². The van der Waals surface area contributed by atoms with Crippen molar-refractivity contribution in [3.05, 3.63) is 33.5 Å². The van der Waals surface area contributed by atoms with Gasteiger partial charge in [0.1, 0.15) is 5.82 Å². The number of hydrogen-bond donors (Lipinski definition) is 2. The quantitative estimate of drug-likeness (QED) is 0.480. The highest BCUT2D eigenvalue weighted by Crippen LogP contribution is 2.24. The van der Waals surface area contributed by atoms with Gasteiger partial charge < -0.3 is 0 Å². The maximum atomic E-state index is 13.3. The van der Waals surface area contributed by atoms with Gasteiger partial charge >= 0.3 is 0 Å².